The maximum absolute atomic E-state index is 10.9. The quantitative estimate of drug-likeness (QED) is 0.608. The summed E-state index contributed by atoms with van der Waals surface area (Å²) in [5, 5.41) is 1.67. The third kappa shape index (κ3) is 2.82. The summed E-state index contributed by atoms with van der Waals surface area (Å²) in [6, 6.07) is 0.178. The molecule has 1 saturated heterocycles. The predicted molar refractivity (Wildman–Crippen MR) is 47.9 cm³/mol. The predicted octanol–water partition coefficient (Wildman–Crippen LogP) is 0.741. The van der Waals surface area contributed by atoms with E-state index in [1.54, 1.807) is 5.06 Å². The SMILES string of the molecule is C=CC(=O)ON1CCOCC1CC. The van der Waals surface area contributed by atoms with Gasteiger partial charge in [0.25, 0.3) is 0 Å². The minimum absolute atomic E-state index is 0.178. The monoisotopic (exact) mass is 185 g/mol. The second-order valence-electron chi connectivity index (χ2n) is 2.89. The summed E-state index contributed by atoms with van der Waals surface area (Å²) >= 11 is 0. The van der Waals surface area contributed by atoms with Crippen LogP contribution >= 0.6 is 0 Å². The van der Waals surface area contributed by atoms with Gasteiger partial charge in [-0.15, -0.1) is 5.06 Å². The Morgan fingerprint density at radius 3 is 3.23 bits per heavy atom. The first kappa shape index (κ1) is 10.2. The summed E-state index contributed by atoms with van der Waals surface area (Å²) < 4.78 is 5.26. The fourth-order valence-electron chi connectivity index (χ4n) is 1.23. The van der Waals surface area contributed by atoms with Crippen LogP contribution in [0.25, 0.3) is 0 Å². The number of hydrogen-bond donors (Lipinski definition) is 0. The first-order chi connectivity index (χ1) is 6.27. The van der Waals surface area contributed by atoms with Crippen LogP contribution in [0.2, 0.25) is 0 Å². The van der Waals surface area contributed by atoms with Crippen LogP contribution in [0.4, 0.5) is 0 Å². The molecule has 0 aliphatic carbocycles. The van der Waals surface area contributed by atoms with Gasteiger partial charge in [0.05, 0.1) is 25.8 Å². The van der Waals surface area contributed by atoms with Gasteiger partial charge >= 0.3 is 5.97 Å². The van der Waals surface area contributed by atoms with Crippen molar-refractivity contribution in [3.05, 3.63) is 12.7 Å². The number of nitrogens with zero attached hydrogens (tertiary/aromatic N) is 1. The molecule has 0 aromatic carbocycles. The van der Waals surface area contributed by atoms with Gasteiger partial charge in [-0.25, -0.2) is 4.79 Å². The topological polar surface area (TPSA) is 38.8 Å². The number of morpholine rings is 1. The Hall–Kier alpha value is -0.870. The van der Waals surface area contributed by atoms with Crippen LogP contribution in [0, 0.1) is 0 Å². The lowest BCUT2D eigenvalue weighted by atomic mass is 10.2. The van der Waals surface area contributed by atoms with Gasteiger partial charge in [0, 0.05) is 6.08 Å². The van der Waals surface area contributed by atoms with Crippen molar-refractivity contribution in [3.8, 4) is 0 Å². The van der Waals surface area contributed by atoms with Gasteiger partial charge in [0.2, 0.25) is 0 Å². The average Bonchev–Trinajstić information content (AvgIpc) is 2.18. The van der Waals surface area contributed by atoms with Crippen LogP contribution < -0.4 is 0 Å². The average molecular weight is 185 g/mol. The van der Waals surface area contributed by atoms with Crippen molar-refractivity contribution in [2.24, 2.45) is 0 Å². The molecule has 0 bridgehead atoms. The number of rotatable bonds is 3. The Balaban J connectivity index is 2.44. The summed E-state index contributed by atoms with van der Waals surface area (Å²) in [5.74, 6) is -0.402. The molecule has 1 atom stereocenters. The minimum Gasteiger partial charge on any atom is -0.378 e. The standard InChI is InChI=1S/C9H15NO3/c1-3-8-7-12-6-5-10(8)13-9(11)4-2/h4,8H,2-3,5-7H2,1H3. The molecule has 1 rings (SSSR count). The van der Waals surface area contributed by atoms with Gasteiger partial charge in [-0.05, 0) is 6.42 Å². The van der Waals surface area contributed by atoms with Crippen LogP contribution in [-0.2, 0) is 14.4 Å². The summed E-state index contributed by atoms with van der Waals surface area (Å²) in [4.78, 5) is 16.0. The smallest absolute Gasteiger partial charge is 0.349 e. The second kappa shape index (κ2) is 4.99. The second-order valence-corrected chi connectivity index (χ2v) is 2.89. The summed E-state index contributed by atoms with van der Waals surface area (Å²) in [6.45, 7) is 7.26. The van der Waals surface area contributed by atoms with E-state index < -0.39 is 5.97 Å². The lowest BCUT2D eigenvalue weighted by molar-refractivity contribution is -0.218. The maximum Gasteiger partial charge on any atom is 0.349 e. The lowest BCUT2D eigenvalue weighted by Gasteiger charge is -2.32. The van der Waals surface area contributed by atoms with Crippen LogP contribution in [0.3, 0.4) is 0 Å². The largest absolute Gasteiger partial charge is 0.378 e. The number of carbonyl (C=O) groups is 1. The van der Waals surface area contributed by atoms with E-state index in [4.69, 9.17) is 9.57 Å². The van der Waals surface area contributed by atoms with Crippen LogP contribution in [-0.4, -0.2) is 36.8 Å². The minimum atomic E-state index is -0.402. The summed E-state index contributed by atoms with van der Waals surface area (Å²) in [5.41, 5.74) is 0. The number of carbonyl (C=O) groups excluding carboxylic acids is 1. The van der Waals surface area contributed by atoms with Crippen molar-refractivity contribution in [2.45, 2.75) is 19.4 Å². The number of hydrogen-bond acceptors (Lipinski definition) is 4. The molecular weight excluding hydrogens is 170 g/mol. The van der Waals surface area contributed by atoms with Crippen LogP contribution in [0.1, 0.15) is 13.3 Å². The van der Waals surface area contributed by atoms with E-state index in [-0.39, 0.29) is 6.04 Å². The molecule has 0 amide bonds. The van der Waals surface area contributed by atoms with Crippen molar-refractivity contribution in [3.63, 3.8) is 0 Å². The fraction of sp³-hybridized carbons (Fsp3) is 0.667. The van der Waals surface area contributed by atoms with Crippen molar-refractivity contribution in [1.82, 2.24) is 5.06 Å². The summed E-state index contributed by atoms with van der Waals surface area (Å²) in [7, 11) is 0. The van der Waals surface area contributed by atoms with Crippen LogP contribution in [0.5, 0.6) is 0 Å². The lowest BCUT2D eigenvalue weighted by Crippen LogP contribution is -2.45. The third-order valence-electron chi connectivity index (χ3n) is 2.02. The van der Waals surface area contributed by atoms with Crippen molar-refractivity contribution >= 4 is 5.97 Å². The first-order valence-corrected chi connectivity index (χ1v) is 4.46. The Labute approximate surface area is 78.1 Å². The summed E-state index contributed by atoms with van der Waals surface area (Å²) in [6.07, 6.45) is 2.08. The molecule has 74 valence electrons. The van der Waals surface area contributed by atoms with E-state index in [0.717, 1.165) is 6.42 Å². The Morgan fingerprint density at radius 2 is 2.62 bits per heavy atom. The van der Waals surface area contributed by atoms with E-state index in [1.807, 2.05) is 6.92 Å². The van der Waals surface area contributed by atoms with Crippen molar-refractivity contribution in [1.29, 1.82) is 0 Å². The molecule has 1 aliphatic rings. The highest BCUT2D eigenvalue weighted by Gasteiger charge is 2.23. The van der Waals surface area contributed by atoms with E-state index >= 15 is 0 Å². The molecule has 4 heteroatoms. The molecule has 0 saturated carbocycles. The van der Waals surface area contributed by atoms with E-state index in [2.05, 4.69) is 6.58 Å². The van der Waals surface area contributed by atoms with Gasteiger partial charge < -0.3 is 9.57 Å². The van der Waals surface area contributed by atoms with Crippen molar-refractivity contribution < 1.29 is 14.4 Å². The number of ether oxygens (including phenoxy) is 1. The van der Waals surface area contributed by atoms with E-state index in [1.165, 1.54) is 6.08 Å². The van der Waals surface area contributed by atoms with Crippen molar-refractivity contribution in [2.75, 3.05) is 19.8 Å². The van der Waals surface area contributed by atoms with Gasteiger partial charge in [-0.1, -0.05) is 13.5 Å². The van der Waals surface area contributed by atoms with Gasteiger partial charge in [0.15, 0.2) is 0 Å². The molecule has 4 nitrogen and oxygen atoms in total. The van der Waals surface area contributed by atoms with Gasteiger partial charge in [-0.2, -0.15) is 0 Å². The zero-order valence-corrected chi connectivity index (χ0v) is 7.86. The Bertz CT molecular complexity index is 193. The third-order valence-corrected chi connectivity index (χ3v) is 2.02. The molecule has 1 fully saturated rings. The highest BCUT2D eigenvalue weighted by molar-refractivity contribution is 5.80. The first-order valence-electron chi connectivity index (χ1n) is 4.46. The normalized spacial score (nSPS) is 23.9. The van der Waals surface area contributed by atoms with Crippen LogP contribution in [0.15, 0.2) is 12.7 Å². The number of hydroxylamine groups is 2. The Morgan fingerprint density at radius 1 is 1.85 bits per heavy atom. The molecule has 0 spiro atoms. The molecule has 0 radical (unpaired) electrons. The maximum atomic E-state index is 10.9. The van der Waals surface area contributed by atoms with E-state index in [0.29, 0.717) is 19.8 Å². The molecule has 0 aromatic heterocycles. The van der Waals surface area contributed by atoms with E-state index in [9.17, 15) is 4.79 Å². The highest BCUT2D eigenvalue weighted by atomic mass is 16.7. The molecule has 0 N–H and O–H groups in total. The molecule has 1 heterocycles. The molecule has 13 heavy (non-hydrogen) atoms. The molecule has 0 aromatic rings. The molecular formula is C9H15NO3. The highest BCUT2D eigenvalue weighted by Crippen LogP contribution is 2.10. The zero-order valence-electron chi connectivity index (χ0n) is 7.86. The molecule has 1 aliphatic heterocycles. The molecule has 1 unspecified atom stereocenters. The Kier molecular flexibility index (Phi) is 3.92. The van der Waals surface area contributed by atoms with Gasteiger partial charge in [0.1, 0.15) is 0 Å². The fourth-order valence-corrected chi connectivity index (χ4v) is 1.23. The zero-order chi connectivity index (χ0) is 9.68. The van der Waals surface area contributed by atoms with Gasteiger partial charge in [-0.3, -0.25) is 0 Å².